The molecule has 2 saturated carbocycles. The zero-order valence-electron chi connectivity index (χ0n) is 20.3. The van der Waals surface area contributed by atoms with Gasteiger partial charge >= 0.3 is 0 Å². The molecule has 1 atom stereocenters. The summed E-state index contributed by atoms with van der Waals surface area (Å²) in [6.45, 7) is 4.82. The molecule has 10 heteroatoms. The van der Waals surface area contributed by atoms with Crippen LogP contribution in [-0.2, 0) is 24.2 Å². The maximum Gasteiger partial charge on any atom is 0.273 e. The fourth-order valence-electron chi connectivity index (χ4n) is 5.68. The highest BCUT2D eigenvalue weighted by Crippen LogP contribution is 2.39. The summed E-state index contributed by atoms with van der Waals surface area (Å²) in [4.78, 5) is 20.8. The Labute approximate surface area is 213 Å². The van der Waals surface area contributed by atoms with Gasteiger partial charge in [0, 0.05) is 37.2 Å². The molecule has 0 saturated heterocycles. The van der Waals surface area contributed by atoms with Crippen molar-refractivity contribution < 1.29 is 18.3 Å². The highest BCUT2D eigenvalue weighted by atomic mass is 32.1. The first-order chi connectivity index (χ1) is 16.8. The van der Waals surface area contributed by atoms with Crippen LogP contribution in [-0.4, -0.2) is 51.0 Å². The number of carbonyl (C=O) groups is 1. The van der Waals surface area contributed by atoms with E-state index in [0.29, 0.717) is 36.2 Å². The van der Waals surface area contributed by atoms with Gasteiger partial charge in [0.1, 0.15) is 21.9 Å². The topological polar surface area (TPSA) is 68.2 Å². The van der Waals surface area contributed by atoms with E-state index in [1.165, 1.54) is 46.8 Å². The molecule has 0 amide bonds. The molecule has 3 aliphatic rings. The molecule has 35 heavy (non-hydrogen) atoms. The van der Waals surface area contributed by atoms with Crippen molar-refractivity contribution in [3.05, 3.63) is 20.6 Å². The van der Waals surface area contributed by atoms with Crippen LogP contribution in [0.4, 0.5) is 8.78 Å². The van der Waals surface area contributed by atoms with Crippen molar-refractivity contribution in [2.75, 3.05) is 13.1 Å². The van der Waals surface area contributed by atoms with Crippen LogP contribution < -0.4 is 4.74 Å². The number of fused-ring (bicyclic) bond motifs is 1. The van der Waals surface area contributed by atoms with Crippen molar-refractivity contribution in [1.29, 1.82) is 0 Å². The van der Waals surface area contributed by atoms with Crippen LogP contribution in [0.1, 0.15) is 78.4 Å². The van der Waals surface area contributed by atoms with E-state index < -0.39 is 12.0 Å². The van der Waals surface area contributed by atoms with Gasteiger partial charge in [0.2, 0.25) is 0 Å². The molecule has 192 valence electrons. The second kappa shape index (κ2) is 10.8. The van der Waals surface area contributed by atoms with E-state index in [-0.39, 0.29) is 12.8 Å². The molecule has 0 radical (unpaired) electrons. The van der Waals surface area contributed by atoms with E-state index in [0.717, 1.165) is 60.5 Å². The van der Waals surface area contributed by atoms with Crippen LogP contribution in [0, 0.1) is 18.8 Å². The van der Waals surface area contributed by atoms with Gasteiger partial charge in [-0.1, -0.05) is 24.2 Å². The maximum absolute atomic E-state index is 13.4. The number of aromatic nitrogens is 3. The zero-order chi connectivity index (χ0) is 24.4. The number of halogens is 2. The molecule has 5 rings (SSSR count). The number of ketones is 1. The van der Waals surface area contributed by atoms with Crippen LogP contribution in [0.25, 0.3) is 0 Å². The Hall–Kier alpha value is -1.52. The highest BCUT2D eigenvalue weighted by molar-refractivity contribution is 7.13. The van der Waals surface area contributed by atoms with E-state index in [1.807, 2.05) is 6.92 Å². The lowest BCUT2D eigenvalue weighted by molar-refractivity contribution is -0.119. The lowest BCUT2D eigenvalue weighted by Gasteiger charge is -2.31. The van der Waals surface area contributed by atoms with E-state index in [4.69, 9.17) is 4.74 Å². The van der Waals surface area contributed by atoms with Crippen molar-refractivity contribution in [2.24, 2.45) is 11.8 Å². The Morgan fingerprint density at radius 3 is 2.66 bits per heavy atom. The summed E-state index contributed by atoms with van der Waals surface area (Å²) in [5, 5.41) is 10.4. The number of ether oxygens (including phenoxy) is 1. The van der Waals surface area contributed by atoms with Crippen molar-refractivity contribution in [2.45, 2.75) is 96.1 Å². The number of hydrogen-bond donors (Lipinski definition) is 0. The average Bonchev–Trinajstić information content (AvgIpc) is 3.50. The summed E-state index contributed by atoms with van der Waals surface area (Å²) in [6.07, 6.45) is 7.66. The Morgan fingerprint density at radius 2 is 1.94 bits per heavy atom. The Morgan fingerprint density at radius 1 is 1.14 bits per heavy atom. The predicted octanol–water partition coefficient (Wildman–Crippen LogP) is 5.63. The monoisotopic (exact) mass is 524 g/mol. The first-order valence-electron chi connectivity index (χ1n) is 12.9. The number of Topliss-reactive ketones (excluding diaryl/α,β-unsaturated/α-hetero) is 1. The number of thiazole rings is 1. The van der Waals surface area contributed by atoms with Gasteiger partial charge in [0.15, 0.2) is 0 Å². The van der Waals surface area contributed by atoms with E-state index in [9.17, 15) is 13.6 Å². The first kappa shape index (κ1) is 25.1. The standard InChI is InChI=1S/C25H34F2N4O2S2/c1-16-29-30-23(34-16)13-19(32)12-18-4-2-17(3-5-18)7-10-31-11-8-22-21(15-31)28-24(35-22)33-20-6-9-25(26,27)14-20/h17-18,20H,2-15H2,1H3. The second-order valence-corrected chi connectivity index (χ2v) is 12.8. The highest BCUT2D eigenvalue weighted by Gasteiger charge is 2.41. The number of nitrogens with zero attached hydrogens (tertiary/aromatic N) is 4. The minimum Gasteiger partial charge on any atom is -0.466 e. The largest absolute Gasteiger partial charge is 0.466 e. The Balaban J connectivity index is 1.01. The fourth-order valence-corrected chi connectivity index (χ4v) is 7.39. The molecule has 6 nitrogen and oxygen atoms in total. The van der Waals surface area contributed by atoms with E-state index in [1.54, 1.807) is 0 Å². The molecule has 0 bridgehead atoms. The number of alkyl halides is 2. The minimum absolute atomic E-state index is 0.0845. The molecule has 2 aromatic rings. The summed E-state index contributed by atoms with van der Waals surface area (Å²) in [6, 6.07) is 0. The molecule has 2 fully saturated rings. The van der Waals surface area contributed by atoms with Crippen molar-refractivity contribution in [3.8, 4) is 5.19 Å². The minimum atomic E-state index is -2.59. The quantitative estimate of drug-likeness (QED) is 0.424. The lowest BCUT2D eigenvalue weighted by Crippen LogP contribution is -2.32. The molecule has 0 spiro atoms. The Kier molecular flexibility index (Phi) is 7.79. The summed E-state index contributed by atoms with van der Waals surface area (Å²) in [5.41, 5.74) is 1.06. The normalized spacial score (nSPS) is 26.5. The zero-order valence-corrected chi connectivity index (χ0v) is 21.9. The average molecular weight is 525 g/mol. The molecule has 0 aromatic carbocycles. The van der Waals surface area contributed by atoms with E-state index >= 15 is 0 Å². The van der Waals surface area contributed by atoms with Crippen LogP contribution in [0.15, 0.2) is 0 Å². The number of carbonyl (C=O) groups excluding carboxylic acids is 1. The molecule has 0 N–H and O–H groups in total. The third-order valence-corrected chi connectivity index (χ3v) is 9.55. The molecule has 2 aliphatic carbocycles. The van der Waals surface area contributed by atoms with Crippen LogP contribution in [0.5, 0.6) is 5.19 Å². The van der Waals surface area contributed by atoms with Gasteiger partial charge in [-0.15, -0.1) is 21.5 Å². The van der Waals surface area contributed by atoms with Crippen molar-refractivity contribution in [3.63, 3.8) is 0 Å². The number of aryl methyl sites for hydroxylation is 1. The van der Waals surface area contributed by atoms with E-state index in [2.05, 4.69) is 20.1 Å². The van der Waals surface area contributed by atoms with Gasteiger partial charge < -0.3 is 4.74 Å². The fraction of sp³-hybridized carbons (Fsp3) is 0.760. The van der Waals surface area contributed by atoms with Gasteiger partial charge in [-0.2, -0.15) is 0 Å². The maximum atomic E-state index is 13.4. The van der Waals surface area contributed by atoms with Gasteiger partial charge in [0.25, 0.3) is 11.1 Å². The van der Waals surface area contributed by atoms with Crippen molar-refractivity contribution in [1.82, 2.24) is 20.1 Å². The van der Waals surface area contributed by atoms with Gasteiger partial charge in [-0.05, 0) is 57.4 Å². The number of rotatable bonds is 9. The van der Waals surface area contributed by atoms with Crippen LogP contribution in [0.2, 0.25) is 0 Å². The summed E-state index contributed by atoms with van der Waals surface area (Å²) < 4.78 is 32.7. The molecule has 3 heterocycles. The number of hydrogen-bond acceptors (Lipinski definition) is 8. The van der Waals surface area contributed by atoms with Gasteiger partial charge in [-0.3, -0.25) is 9.69 Å². The molecular weight excluding hydrogens is 490 g/mol. The summed E-state index contributed by atoms with van der Waals surface area (Å²) >= 11 is 3.05. The SMILES string of the molecule is Cc1nnc(CC(=O)CC2CCC(CCN3CCc4sc(OC5CCC(F)(F)C5)nc4C3)CC2)s1. The third kappa shape index (κ3) is 6.83. The van der Waals surface area contributed by atoms with Crippen LogP contribution in [0.3, 0.4) is 0 Å². The van der Waals surface area contributed by atoms with Gasteiger partial charge in [-0.25, -0.2) is 13.8 Å². The molecule has 1 unspecified atom stereocenters. The summed E-state index contributed by atoms with van der Waals surface area (Å²) in [5.74, 6) is -1.06. The molecular formula is C25H34F2N4O2S2. The predicted molar refractivity (Wildman–Crippen MR) is 132 cm³/mol. The Bertz CT molecular complexity index is 1020. The van der Waals surface area contributed by atoms with Crippen LogP contribution >= 0.6 is 22.7 Å². The van der Waals surface area contributed by atoms with Gasteiger partial charge in [0.05, 0.1) is 12.1 Å². The second-order valence-electron chi connectivity index (χ2n) is 10.5. The van der Waals surface area contributed by atoms with Crippen molar-refractivity contribution >= 4 is 28.5 Å². The summed E-state index contributed by atoms with van der Waals surface area (Å²) in [7, 11) is 0. The molecule has 1 aliphatic heterocycles. The lowest BCUT2D eigenvalue weighted by atomic mass is 9.78. The molecule has 2 aromatic heterocycles. The first-order valence-corrected chi connectivity index (χ1v) is 14.5. The third-order valence-electron chi connectivity index (χ3n) is 7.67. The smallest absolute Gasteiger partial charge is 0.273 e.